The first-order valence-corrected chi connectivity index (χ1v) is 5.66. The molecule has 0 spiro atoms. The van der Waals surface area contributed by atoms with Crippen LogP contribution in [0.2, 0.25) is 0 Å². The van der Waals surface area contributed by atoms with Gasteiger partial charge >= 0.3 is 5.97 Å². The fourth-order valence-electron chi connectivity index (χ4n) is 0.961. The summed E-state index contributed by atoms with van der Waals surface area (Å²) in [5.74, 6) is -1.85. The normalized spacial score (nSPS) is 12.6. The molecule has 1 heterocycles. The van der Waals surface area contributed by atoms with Crippen LogP contribution < -0.4 is 5.32 Å². The summed E-state index contributed by atoms with van der Waals surface area (Å²) in [7, 11) is 0. The number of carbonyl (C=O) groups is 2. The lowest BCUT2D eigenvalue weighted by Crippen LogP contribution is -2.35. The number of rotatable bonds is 5. The molecule has 1 aromatic rings. The van der Waals surface area contributed by atoms with Crippen LogP contribution in [0.15, 0.2) is 11.5 Å². The van der Waals surface area contributed by atoms with E-state index in [0.717, 1.165) is 5.01 Å². The zero-order valence-electron chi connectivity index (χ0n) is 9.08. The lowest BCUT2D eigenvalue weighted by atomic mass is 10.3. The van der Waals surface area contributed by atoms with Gasteiger partial charge in [0.05, 0.1) is 17.2 Å². The molecule has 1 amide bonds. The molecule has 0 aliphatic carbocycles. The van der Waals surface area contributed by atoms with Crippen LogP contribution in [0, 0.1) is 6.92 Å². The molecule has 1 aromatic heterocycles. The van der Waals surface area contributed by atoms with Crippen LogP contribution in [-0.2, 0) is 9.59 Å². The molecule has 0 radical (unpaired) electrons. The SMILES string of the molecule is Cc1nc(/C=C/C(=O)NC[C@H](O)C(=O)O)cs1. The Kier molecular flexibility index (Phi) is 4.80. The van der Waals surface area contributed by atoms with Crippen LogP contribution in [0.3, 0.4) is 0 Å². The van der Waals surface area contributed by atoms with E-state index >= 15 is 0 Å². The van der Waals surface area contributed by atoms with Gasteiger partial charge in [-0.2, -0.15) is 0 Å². The minimum atomic E-state index is -1.59. The van der Waals surface area contributed by atoms with Crippen molar-refractivity contribution < 1.29 is 19.8 Å². The zero-order chi connectivity index (χ0) is 12.8. The molecule has 0 saturated carbocycles. The Bertz CT molecular complexity index is 441. The van der Waals surface area contributed by atoms with Crippen molar-refractivity contribution >= 4 is 29.3 Å². The summed E-state index contributed by atoms with van der Waals surface area (Å²) in [6, 6.07) is 0. The molecule has 0 aliphatic rings. The minimum absolute atomic E-state index is 0.325. The van der Waals surface area contributed by atoms with Crippen LogP contribution in [0.25, 0.3) is 6.08 Å². The summed E-state index contributed by atoms with van der Waals surface area (Å²) in [5, 5.41) is 22.2. The molecular formula is C10H12N2O4S. The topological polar surface area (TPSA) is 99.5 Å². The molecule has 0 bridgehead atoms. The predicted octanol–water partition coefficient (Wildman–Crippen LogP) is 0.0264. The van der Waals surface area contributed by atoms with Gasteiger partial charge < -0.3 is 15.5 Å². The second-order valence-electron chi connectivity index (χ2n) is 3.22. The van der Waals surface area contributed by atoms with E-state index in [1.807, 2.05) is 6.92 Å². The number of aliphatic carboxylic acids is 1. The maximum absolute atomic E-state index is 11.2. The highest BCUT2D eigenvalue weighted by molar-refractivity contribution is 7.09. The van der Waals surface area contributed by atoms with Gasteiger partial charge in [0.15, 0.2) is 6.10 Å². The van der Waals surface area contributed by atoms with Crippen molar-refractivity contribution in [3.05, 3.63) is 22.2 Å². The Hall–Kier alpha value is -1.73. The first-order chi connectivity index (χ1) is 7.99. The van der Waals surface area contributed by atoms with Gasteiger partial charge in [0.1, 0.15) is 0 Å². The maximum atomic E-state index is 11.2. The molecule has 1 rings (SSSR count). The summed E-state index contributed by atoms with van der Waals surface area (Å²) in [6.45, 7) is 1.53. The molecule has 6 nitrogen and oxygen atoms in total. The third kappa shape index (κ3) is 4.75. The lowest BCUT2D eigenvalue weighted by Gasteiger charge is -2.04. The number of nitrogens with zero attached hydrogens (tertiary/aromatic N) is 1. The second kappa shape index (κ2) is 6.12. The van der Waals surface area contributed by atoms with Gasteiger partial charge in [-0.3, -0.25) is 4.79 Å². The number of carboxylic acids is 1. The summed E-state index contributed by atoms with van der Waals surface area (Å²) in [5.41, 5.74) is 0.668. The fourth-order valence-corrected chi connectivity index (χ4v) is 1.54. The van der Waals surface area contributed by atoms with Gasteiger partial charge in [-0.05, 0) is 13.0 Å². The van der Waals surface area contributed by atoms with Crippen molar-refractivity contribution in [3.8, 4) is 0 Å². The first-order valence-electron chi connectivity index (χ1n) is 4.78. The minimum Gasteiger partial charge on any atom is -0.479 e. The number of aliphatic hydroxyl groups is 1. The second-order valence-corrected chi connectivity index (χ2v) is 4.29. The molecular weight excluding hydrogens is 244 g/mol. The summed E-state index contributed by atoms with van der Waals surface area (Å²) < 4.78 is 0. The van der Waals surface area contributed by atoms with Crippen molar-refractivity contribution in [2.24, 2.45) is 0 Å². The Labute approximate surface area is 102 Å². The number of aryl methyl sites for hydroxylation is 1. The first kappa shape index (κ1) is 13.3. The van der Waals surface area contributed by atoms with E-state index < -0.39 is 18.0 Å². The maximum Gasteiger partial charge on any atom is 0.334 e. The molecule has 0 aliphatic heterocycles. The van der Waals surface area contributed by atoms with Crippen molar-refractivity contribution in [1.29, 1.82) is 0 Å². The van der Waals surface area contributed by atoms with Crippen LogP contribution in [0.1, 0.15) is 10.7 Å². The molecule has 1 atom stereocenters. The van der Waals surface area contributed by atoms with Gasteiger partial charge in [0, 0.05) is 11.5 Å². The quantitative estimate of drug-likeness (QED) is 0.645. The number of hydrogen-bond donors (Lipinski definition) is 3. The number of thiazole rings is 1. The lowest BCUT2D eigenvalue weighted by molar-refractivity contribution is -0.146. The number of amides is 1. The highest BCUT2D eigenvalue weighted by atomic mass is 32.1. The van der Waals surface area contributed by atoms with E-state index in [-0.39, 0.29) is 6.54 Å². The van der Waals surface area contributed by atoms with Gasteiger partial charge in [-0.1, -0.05) is 0 Å². The van der Waals surface area contributed by atoms with Crippen LogP contribution in [0.4, 0.5) is 0 Å². The number of hydrogen-bond acceptors (Lipinski definition) is 5. The summed E-state index contributed by atoms with van der Waals surface area (Å²) in [4.78, 5) is 25.6. The number of carboxylic acid groups (broad SMARTS) is 1. The molecule has 92 valence electrons. The van der Waals surface area contributed by atoms with E-state index in [9.17, 15) is 9.59 Å². The van der Waals surface area contributed by atoms with E-state index in [1.54, 1.807) is 5.38 Å². The Balaban J connectivity index is 2.39. The monoisotopic (exact) mass is 256 g/mol. The van der Waals surface area contributed by atoms with Gasteiger partial charge in [-0.25, -0.2) is 9.78 Å². The van der Waals surface area contributed by atoms with Crippen LogP contribution in [-0.4, -0.2) is 39.7 Å². The molecule has 0 unspecified atom stereocenters. The third-order valence-corrected chi connectivity index (χ3v) is 2.59. The van der Waals surface area contributed by atoms with Crippen molar-refractivity contribution in [2.75, 3.05) is 6.54 Å². The predicted molar refractivity (Wildman–Crippen MR) is 62.5 cm³/mol. The summed E-state index contributed by atoms with van der Waals surface area (Å²) >= 11 is 1.47. The van der Waals surface area contributed by atoms with E-state index in [2.05, 4.69) is 10.3 Å². The molecule has 7 heteroatoms. The molecule has 0 fully saturated rings. The van der Waals surface area contributed by atoms with Crippen LogP contribution >= 0.6 is 11.3 Å². The fraction of sp³-hybridized carbons (Fsp3) is 0.300. The highest BCUT2D eigenvalue weighted by Crippen LogP contribution is 2.08. The number of aromatic nitrogens is 1. The van der Waals surface area contributed by atoms with Gasteiger partial charge in [0.2, 0.25) is 5.91 Å². The largest absolute Gasteiger partial charge is 0.479 e. The average molecular weight is 256 g/mol. The number of nitrogens with one attached hydrogen (secondary N) is 1. The average Bonchev–Trinajstić information content (AvgIpc) is 2.69. The van der Waals surface area contributed by atoms with Crippen molar-refractivity contribution in [2.45, 2.75) is 13.0 Å². The smallest absolute Gasteiger partial charge is 0.334 e. The third-order valence-electron chi connectivity index (χ3n) is 1.80. The highest BCUT2D eigenvalue weighted by Gasteiger charge is 2.12. The number of carbonyl (C=O) groups excluding carboxylic acids is 1. The van der Waals surface area contributed by atoms with Crippen LogP contribution in [0.5, 0.6) is 0 Å². The molecule has 0 saturated heterocycles. The molecule has 17 heavy (non-hydrogen) atoms. The van der Waals surface area contributed by atoms with Crippen molar-refractivity contribution in [3.63, 3.8) is 0 Å². The standard InChI is InChI=1S/C10H12N2O4S/c1-6-12-7(5-17-6)2-3-9(14)11-4-8(13)10(15)16/h2-3,5,8,13H,4H2,1H3,(H,11,14)(H,15,16)/b3-2+/t8-/m0/s1. The summed E-state index contributed by atoms with van der Waals surface area (Å²) in [6.07, 6.45) is 1.17. The van der Waals surface area contributed by atoms with Crippen molar-refractivity contribution in [1.82, 2.24) is 10.3 Å². The van der Waals surface area contributed by atoms with Gasteiger partial charge in [-0.15, -0.1) is 11.3 Å². The Morgan fingerprint density at radius 3 is 2.88 bits per heavy atom. The van der Waals surface area contributed by atoms with E-state index in [1.165, 1.54) is 23.5 Å². The van der Waals surface area contributed by atoms with E-state index in [4.69, 9.17) is 10.2 Å². The van der Waals surface area contributed by atoms with E-state index in [0.29, 0.717) is 5.69 Å². The number of aliphatic hydroxyl groups excluding tert-OH is 1. The molecule has 3 N–H and O–H groups in total. The zero-order valence-corrected chi connectivity index (χ0v) is 9.90. The Morgan fingerprint density at radius 2 is 2.35 bits per heavy atom. The Morgan fingerprint density at radius 1 is 1.65 bits per heavy atom. The van der Waals surface area contributed by atoms with Gasteiger partial charge in [0.25, 0.3) is 0 Å². The molecule has 0 aromatic carbocycles.